The minimum atomic E-state index is 1.05. The fourth-order valence-corrected chi connectivity index (χ4v) is 1.27. The van der Waals surface area contributed by atoms with Crippen molar-refractivity contribution in [2.45, 2.75) is 61.8 Å². The van der Waals surface area contributed by atoms with Gasteiger partial charge in [0.2, 0.25) is 0 Å². The second-order valence-corrected chi connectivity index (χ2v) is 3.49. The van der Waals surface area contributed by atoms with E-state index in [1.54, 1.807) is 0 Å². The number of hydrogen-bond donors (Lipinski definition) is 0. The molecule has 0 amide bonds. The molecule has 0 aromatic rings. The summed E-state index contributed by atoms with van der Waals surface area (Å²) in [5, 5.41) is 0. The molecule has 0 heteroatoms. The summed E-state index contributed by atoms with van der Waals surface area (Å²) in [4.78, 5) is 0. The summed E-state index contributed by atoms with van der Waals surface area (Å²) in [6.45, 7) is 20.1. The maximum Gasteiger partial charge on any atom is -0.0227 e. The van der Waals surface area contributed by atoms with E-state index in [-0.39, 0.29) is 0 Å². The molecule has 0 aromatic carbocycles. The van der Waals surface area contributed by atoms with Crippen LogP contribution in [0.1, 0.15) is 61.8 Å². The van der Waals surface area contributed by atoms with Crippen LogP contribution in [-0.4, -0.2) is 0 Å². The van der Waals surface area contributed by atoms with Crippen LogP contribution < -0.4 is 0 Å². The Kier molecular flexibility index (Phi) is 22.9. The third-order valence-electron chi connectivity index (χ3n) is 1.96. The number of allylic oxidation sites excluding steroid dienone is 9. The van der Waals surface area contributed by atoms with Crippen molar-refractivity contribution in [2.24, 2.45) is 0 Å². The Balaban J connectivity index is -0.000000579. The Morgan fingerprint density at radius 3 is 1.74 bits per heavy atom. The van der Waals surface area contributed by atoms with Crippen molar-refractivity contribution in [2.75, 3.05) is 0 Å². The minimum absolute atomic E-state index is 1.05. The van der Waals surface area contributed by atoms with Gasteiger partial charge >= 0.3 is 0 Å². The van der Waals surface area contributed by atoms with Gasteiger partial charge in [-0.15, -0.1) is 0 Å². The molecule has 0 atom stereocenters. The first-order valence-electron chi connectivity index (χ1n) is 7.48. The highest BCUT2D eigenvalue weighted by atomic mass is 14.0. The molecular weight excluding hydrogens is 228 g/mol. The maximum atomic E-state index is 3.87. The smallest absolute Gasteiger partial charge is 0.0227 e. The summed E-state index contributed by atoms with van der Waals surface area (Å²) in [5.41, 5.74) is 3.60. The molecule has 0 aliphatic rings. The van der Waals surface area contributed by atoms with E-state index in [4.69, 9.17) is 0 Å². The van der Waals surface area contributed by atoms with Crippen molar-refractivity contribution in [3.8, 4) is 0 Å². The predicted molar refractivity (Wildman–Crippen MR) is 93.6 cm³/mol. The van der Waals surface area contributed by atoms with Gasteiger partial charge in [0, 0.05) is 0 Å². The molecule has 110 valence electrons. The SMILES string of the molecule is C=C(C)\C=C/C(=C\CC)C(/C=C\C)=C/C.CC.CC. The summed E-state index contributed by atoms with van der Waals surface area (Å²) in [5.74, 6) is 0. The van der Waals surface area contributed by atoms with E-state index >= 15 is 0 Å². The lowest BCUT2D eigenvalue weighted by Crippen LogP contribution is -1.83. The lowest BCUT2D eigenvalue weighted by atomic mass is 10.0. The van der Waals surface area contributed by atoms with Crippen LogP contribution in [-0.2, 0) is 0 Å². The molecule has 0 rings (SSSR count). The Morgan fingerprint density at radius 1 is 0.895 bits per heavy atom. The van der Waals surface area contributed by atoms with Crippen LogP contribution in [0.2, 0.25) is 0 Å². The van der Waals surface area contributed by atoms with Gasteiger partial charge in [-0.1, -0.05) is 83.2 Å². The van der Waals surface area contributed by atoms with Crippen molar-refractivity contribution in [3.05, 3.63) is 59.8 Å². The first-order valence-corrected chi connectivity index (χ1v) is 7.48. The second-order valence-electron chi connectivity index (χ2n) is 3.49. The van der Waals surface area contributed by atoms with Crippen LogP contribution in [0, 0.1) is 0 Å². The van der Waals surface area contributed by atoms with Gasteiger partial charge in [0.1, 0.15) is 0 Å². The van der Waals surface area contributed by atoms with E-state index in [0.29, 0.717) is 0 Å². The van der Waals surface area contributed by atoms with Crippen LogP contribution >= 0.6 is 0 Å². The van der Waals surface area contributed by atoms with Gasteiger partial charge < -0.3 is 0 Å². The minimum Gasteiger partial charge on any atom is -0.0961 e. The number of rotatable bonds is 5. The van der Waals surface area contributed by atoms with E-state index in [2.05, 4.69) is 56.9 Å². The molecule has 0 nitrogen and oxygen atoms in total. The highest BCUT2D eigenvalue weighted by Crippen LogP contribution is 2.15. The predicted octanol–water partition coefficient (Wildman–Crippen LogP) is 7.03. The average molecular weight is 262 g/mol. The van der Waals surface area contributed by atoms with Gasteiger partial charge in [-0.3, -0.25) is 0 Å². The van der Waals surface area contributed by atoms with Crippen molar-refractivity contribution in [1.29, 1.82) is 0 Å². The largest absolute Gasteiger partial charge is 0.0961 e. The molecule has 0 bridgehead atoms. The third kappa shape index (κ3) is 14.6. The molecule has 0 radical (unpaired) electrons. The highest BCUT2D eigenvalue weighted by Gasteiger charge is 1.95. The van der Waals surface area contributed by atoms with E-state index in [1.165, 1.54) is 11.1 Å². The van der Waals surface area contributed by atoms with Crippen LogP contribution in [0.25, 0.3) is 0 Å². The Bertz CT molecular complexity index is 309. The van der Waals surface area contributed by atoms with E-state index in [9.17, 15) is 0 Å². The molecule has 0 spiro atoms. The van der Waals surface area contributed by atoms with E-state index in [1.807, 2.05) is 41.5 Å². The quantitative estimate of drug-likeness (QED) is 0.466. The van der Waals surface area contributed by atoms with Crippen LogP contribution in [0.3, 0.4) is 0 Å². The normalized spacial score (nSPS) is 11.8. The summed E-state index contributed by atoms with van der Waals surface area (Å²) in [6, 6.07) is 0. The van der Waals surface area contributed by atoms with Gasteiger partial charge in [0.05, 0.1) is 0 Å². The van der Waals surface area contributed by atoms with Gasteiger partial charge in [0.25, 0.3) is 0 Å². The molecule has 0 aliphatic heterocycles. The average Bonchev–Trinajstić information content (AvgIpc) is 2.45. The number of hydrogen-bond acceptors (Lipinski definition) is 0. The monoisotopic (exact) mass is 262 g/mol. The van der Waals surface area contributed by atoms with E-state index in [0.717, 1.165) is 12.0 Å². The summed E-state index contributed by atoms with van der Waals surface area (Å²) in [6.07, 6.45) is 13.8. The molecule has 0 saturated carbocycles. The summed E-state index contributed by atoms with van der Waals surface area (Å²) >= 11 is 0. The second kappa shape index (κ2) is 19.0. The Labute approximate surface area is 122 Å². The zero-order chi connectivity index (χ0) is 15.7. The van der Waals surface area contributed by atoms with Crippen LogP contribution in [0.4, 0.5) is 0 Å². The van der Waals surface area contributed by atoms with Crippen LogP contribution in [0.5, 0.6) is 0 Å². The molecule has 0 heterocycles. The summed E-state index contributed by atoms with van der Waals surface area (Å²) < 4.78 is 0. The van der Waals surface area contributed by atoms with Crippen molar-refractivity contribution < 1.29 is 0 Å². The first-order chi connectivity index (χ1) is 9.15. The fraction of sp³-hybridized carbons (Fsp3) is 0.474. The molecule has 0 N–H and O–H groups in total. The Morgan fingerprint density at radius 2 is 1.42 bits per heavy atom. The lowest BCUT2D eigenvalue weighted by molar-refractivity contribution is 1.20. The van der Waals surface area contributed by atoms with Crippen molar-refractivity contribution >= 4 is 0 Å². The molecule has 0 fully saturated rings. The lowest BCUT2D eigenvalue weighted by Gasteiger charge is -2.03. The van der Waals surface area contributed by atoms with Gasteiger partial charge in [-0.2, -0.15) is 0 Å². The van der Waals surface area contributed by atoms with E-state index < -0.39 is 0 Å². The molecule has 0 aromatic heterocycles. The third-order valence-corrected chi connectivity index (χ3v) is 1.96. The molecule has 19 heavy (non-hydrogen) atoms. The first kappa shape index (κ1) is 22.8. The fourth-order valence-electron chi connectivity index (χ4n) is 1.27. The zero-order valence-corrected chi connectivity index (χ0v) is 14.4. The van der Waals surface area contributed by atoms with Crippen molar-refractivity contribution in [3.63, 3.8) is 0 Å². The maximum absolute atomic E-state index is 3.87. The topological polar surface area (TPSA) is 0 Å². The van der Waals surface area contributed by atoms with Gasteiger partial charge in [-0.25, -0.2) is 0 Å². The Hall–Kier alpha value is -1.30. The zero-order valence-electron chi connectivity index (χ0n) is 14.4. The highest BCUT2D eigenvalue weighted by molar-refractivity contribution is 5.47. The molecular formula is C19H34. The summed E-state index contributed by atoms with van der Waals surface area (Å²) in [7, 11) is 0. The van der Waals surface area contributed by atoms with Crippen molar-refractivity contribution in [1.82, 2.24) is 0 Å². The molecule has 0 aliphatic carbocycles. The van der Waals surface area contributed by atoms with Crippen LogP contribution in [0.15, 0.2) is 59.8 Å². The van der Waals surface area contributed by atoms with Gasteiger partial charge in [0.15, 0.2) is 0 Å². The molecule has 0 saturated heterocycles. The van der Waals surface area contributed by atoms with Gasteiger partial charge in [-0.05, 0) is 38.3 Å². The molecule has 0 unspecified atom stereocenters. The standard InChI is InChI=1S/C15H22.2C2H6/c1-6-9-14(8-3)15(10-7-2)12-11-13(4)5;2*1-2/h6,8-12H,4,7H2,1-3,5H3;2*1-2H3/b9-6-,12-11-,14-8+,15-10+;;.